The van der Waals surface area contributed by atoms with Crippen LogP contribution in [-0.4, -0.2) is 15.7 Å². The number of aromatic nitrogens is 2. The van der Waals surface area contributed by atoms with Gasteiger partial charge in [-0.15, -0.1) is 0 Å². The summed E-state index contributed by atoms with van der Waals surface area (Å²) >= 11 is 0. The molecule has 104 valence electrons. The van der Waals surface area contributed by atoms with Gasteiger partial charge in [-0.3, -0.25) is 4.79 Å². The van der Waals surface area contributed by atoms with Crippen LogP contribution >= 0.6 is 0 Å². The third-order valence-electron chi connectivity index (χ3n) is 3.38. The molecule has 0 saturated heterocycles. The lowest BCUT2D eigenvalue weighted by molar-refractivity contribution is 0.0993. The van der Waals surface area contributed by atoms with E-state index in [0.29, 0.717) is 5.69 Å². The van der Waals surface area contributed by atoms with Crippen molar-refractivity contribution in [2.24, 2.45) is 5.73 Å². The molecule has 4 heteroatoms. The fraction of sp³-hybridized carbons (Fsp3) is 0.0588. The van der Waals surface area contributed by atoms with E-state index in [0.717, 1.165) is 22.5 Å². The zero-order valence-electron chi connectivity index (χ0n) is 11.7. The summed E-state index contributed by atoms with van der Waals surface area (Å²) < 4.78 is 1.59. The minimum Gasteiger partial charge on any atom is -0.364 e. The maximum atomic E-state index is 11.7. The molecule has 0 bridgehead atoms. The molecular weight excluding hydrogens is 262 g/mol. The Kier molecular flexibility index (Phi) is 3.28. The number of primary amides is 1. The molecule has 0 aliphatic carbocycles. The molecule has 3 aromatic rings. The van der Waals surface area contributed by atoms with Gasteiger partial charge in [-0.05, 0) is 30.7 Å². The van der Waals surface area contributed by atoms with E-state index in [1.54, 1.807) is 10.7 Å². The average Bonchev–Trinajstić information content (AvgIpc) is 2.94. The van der Waals surface area contributed by atoms with Crippen LogP contribution in [0.3, 0.4) is 0 Å². The minimum absolute atomic E-state index is 0.374. The lowest BCUT2D eigenvalue weighted by atomic mass is 10.1. The van der Waals surface area contributed by atoms with E-state index in [-0.39, 0.29) is 0 Å². The molecular formula is C17H15N3O. The molecule has 2 N–H and O–H groups in total. The summed E-state index contributed by atoms with van der Waals surface area (Å²) in [4.78, 5) is 11.7. The van der Waals surface area contributed by atoms with E-state index >= 15 is 0 Å². The molecule has 1 amide bonds. The smallest absolute Gasteiger partial charge is 0.267 e. The van der Waals surface area contributed by atoms with Crippen molar-refractivity contribution in [1.82, 2.24) is 9.78 Å². The fourth-order valence-corrected chi connectivity index (χ4v) is 2.31. The van der Waals surface area contributed by atoms with Crippen molar-refractivity contribution < 1.29 is 4.79 Å². The van der Waals surface area contributed by atoms with Crippen molar-refractivity contribution >= 4 is 5.91 Å². The summed E-state index contributed by atoms with van der Waals surface area (Å²) in [7, 11) is 0. The molecule has 0 saturated carbocycles. The normalized spacial score (nSPS) is 10.5. The molecule has 0 spiro atoms. The molecule has 0 fully saturated rings. The van der Waals surface area contributed by atoms with Gasteiger partial charge in [-0.2, -0.15) is 5.10 Å². The van der Waals surface area contributed by atoms with Gasteiger partial charge in [0.05, 0.1) is 11.4 Å². The zero-order valence-corrected chi connectivity index (χ0v) is 11.7. The number of hydrogen-bond acceptors (Lipinski definition) is 2. The quantitative estimate of drug-likeness (QED) is 0.800. The number of nitrogens with two attached hydrogens (primary N) is 1. The number of hydrogen-bond donors (Lipinski definition) is 1. The van der Waals surface area contributed by atoms with Crippen molar-refractivity contribution in [2.45, 2.75) is 6.92 Å². The minimum atomic E-state index is -0.494. The molecule has 0 aliphatic rings. The summed E-state index contributed by atoms with van der Waals surface area (Å²) in [6.45, 7) is 2.01. The number of carbonyl (C=O) groups excluding carboxylic acids is 1. The summed E-state index contributed by atoms with van der Waals surface area (Å²) in [6.07, 6.45) is 0. The first-order chi connectivity index (χ1) is 10.2. The second-order valence-corrected chi connectivity index (χ2v) is 4.84. The second-order valence-electron chi connectivity index (χ2n) is 4.84. The first-order valence-corrected chi connectivity index (χ1v) is 6.68. The number of amides is 1. The third-order valence-corrected chi connectivity index (χ3v) is 3.38. The largest absolute Gasteiger partial charge is 0.364 e. The number of nitrogens with zero attached hydrogens (tertiary/aromatic N) is 2. The highest BCUT2D eigenvalue weighted by molar-refractivity contribution is 5.93. The number of aryl methyl sites for hydroxylation is 1. The molecule has 2 aromatic carbocycles. The fourth-order valence-electron chi connectivity index (χ4n) is 2.31. The van der Waals surface area contributed by atoms with Gasteiger partial charge in [0.2, 0.25) is 0 Å². The Balaban J connectivity index is 2.18. The third kappa shape index (κ3) is 2.43. The first kappa shape index (κ1) is 13.1. The van der Waals surface area contributed by atoms with Crippen molar-refractivity contribution in [1.29, 1.82) is 0 Å². The first-order valence-electron chi connectivity index (χ1n) is 6.68. The number of para-hydroxylation sites is 1. The van der Waals surface area contributed by atoms with Crippen LogP contribution in [0.15, 0.2) is 60.7 Å². The molecule has 0 unspecified atom stereocenters. The van der Waals surface area contributed by atoms with Crippen molar-refractivity contribution in [2.75, 3.05) is 0 Å². The van der Waals surface area contributed by atoms with Gasteiger partial charge in [-0.25, -0.2) is 4.68 Å². The van der Waals surface area contributed by atoms with Crippen LogP contribution in [0.25, 0.3) is 16.9 Å². The highest BCUT2D eigenvalue weighted by Gasteiger charge is 2.15. The number of benzene rings is 2. The monoisotopic (exact) mass is 277 g/mol. The van der Waals surface area contributed by atoms with Gasteiger partial charge in [0.25, 0.3) is 5.91 Å². The van der Waals surface area contributed by atoms with E-state index in [1.807, 2.05) is 61.5 Å². The standard InChI is InChI=1S/C17H15N3O/c1-12-7-5-6-10-14(12)15-11-16(17(18)21)20(19-15)13-8-3-2-4-9-13/h2-11H,1H3,(H2,18,21). The summed E-state index contributed by atoms with van der Waals surface area (Å²) in [5.41, 5.74) is 9.51. The molecule has 1 heterocycles. The van der Waals surface area contributed by atoms with E-state index < -0.39 is 5.91 Å². The maximum absolute atomic E-state index is 11.7. The molecule has 21 heavy (non-hydrogen) atoms. The van der Waals surface area contributed by atoms with Crippen molar-refractivity contribution in [3.05, 3.63) is 71.9 Å². The van der Waals surface area contributed by atoms with Crippen molar-refractivity contribution in [3.8, 4) is 16.9 Å². The lowest BCUT2D eigenvalue weighted by Crippen LogP contribution is -2.16. The Hall–Kier alpha value is -2.88. The van der Waals surface area contributed by atoms with E-state index in [1.165, 1.54) is 0 Å². The summed E-state index contributed by atoms with van der Waals surface area (Å²) in [5.74, 6) is -0.494. The van der Waals surface area contributed by atoms with E-state index in [2.05, 4.69) is 5.10 Å². The highest BCUT2D eigenvalue weighted by atomic mass is 16.1. The molecule has 4 nitrogen and oxygen atoms in total. The molecule has 0 atom stereocenters. The van der Waals surface area contributed by atoms with Crippen LogP contribution in [0, 0.1) is 6.92 Å². The van der Waals surface area contributed by atoms with Crippen LogP contribution in [0.4, 0.5) is 0 Å². The predicted octanol–water partition coefficient (Wildman–Crippen LogP) is 2.95. The van der Waals surface area contributed by atoms with Crippen molar-refractivity contribution in [3.63, 3.8) is 0 Å². The van der Waals surface area contributed by atoms with Crippen LogP contribution in [-0.2, 0) is 0 Å². The SMILES string of the molecule is Cc1ccccc1-c1cc(C(N)=O)n(-c2ccccc2)n1. The van der Waals surface area contributed by atoms with Gasteiger partial charge >= 0.3 is 0 Å². The summed E-state index contributed by atoms with van der Waals surface area (Å²) in [6, 6.07) is 19.2. The van der Waals surface area contributed by atoms with E-state index in [9.17, 15) is 4.79 Å². The Labute approximate surface area is 122 Å². The van der Waals surface area contributed by atoms with Gasteiger partial charge in [0.15, 0.2) is 0 Å². The lowest BCUT2D eigenvalue weighted by Gasteiger charge is -2.04. The topological polar surface area (TPSA) is 60.9 Å². The predicted molar refractivity (Wildman–Crippen MR) is 82.3 cm³/mol. The summed E-state index contributed by atoms with van der Waals surface area (Å²) in [5, 5.41) is 4.55. The van der Waals surface area contributed by atoms with Crippen LogP contribution in [0.2, 0.25) is 0 Å². The maximum Gasteiger partial charge on any atom is 0.267 e. The van der Waals surface area contributed by atoms with Crippen LogP contribution < -0.4 is 5.73 Å². The zero-order chi connectivity index (χ0) is 14.8. The molecule has 1 aromatic heterocycles. The van der Waals surface area contributed by atoms with Crippen LogP contribution in [0.5, 0.6) is 0 Å². The van der Waals surface area contributed by atoms with Gasteiger partial charge in [0.1, 0.15) is 5.69 Å². The molecule has 0 aliphatic heterocycles. The Morgan fingerprint density at radius 2 is 1.71 bits per heavy atom. The average molecular weight is 277 g/mol. The Morgan fingerprint density at radius 1 is 1.05 bits per heavy atom. The molecule has 0 radical (unpaired) electrons. The highest BCUT2D eigenvalue weighted by Crippen LogP contribution is 2.24. The van der Waals surface area contributed by atoms with E-state index in [4.69, 9.17) is 5.73 Å². The van der Waals surface area contributed by atoms with Gasteiger partial charge in [-0.1, -0.05) is 42.5 Å². The Bertz CT molecular complexity index is 791. The van der Waals surface area contributed by atoms with Gasteiger partial charge in [0, 0.05) is 5.56 Å². The van der Waals surface area contributed by atoms with Gasteiger partial charge < -0.3 is 5.73 Å². The second kappa shape index (κ2) is 5.25. The number of carbonyl (C=O) groups is 1. The van der Waals surface area contributed by atoms with Crippen LogP contribution in [0.1, 0.15) is 16.1 Å². The Morgan fingerprint density at radius 3 is 2.38 bits per heavy atom. The molecule has 3 rings (SSSR count). The number of rotatable bonds is 3.